The van der Waals surface area contributed by atoms with Crippen LogP contribution in [0, 0.1) is 6.92 Å². The molecule has 88 valence electrons. The van der Waals surface area contributed by atoms with Gasteiger partial charge in [-0.05, 0) is 42.4 Å². The Kier molecular flexibility index (Phi) is 4.47. The molecule has 0 spiro atoms. The summed E-state index contributed by atoms with van der Waals surface area (Å²) in [5.74, 6) is 0.689. The third kappa shape index (κ3) is 3.93. The molecule has 0 saturated carbocycles. The van der Waals surface area contributed by atoms with Crippen molar-refractivity contribution in [3.8, 4) is 0 Å². The fourth-order valence-corrected chi connectivity index (χ4v) is 1.52. The second-order valence-corrected chi connectivity index (χ2v) is 3.99. The zero-order chi connectivity index (χ0) is 12.2. The normalized spacial score (nSPS) is 12.3. The molecule has 0 saturated heterocycles. The van der Waals surface area contributed by atoms with Crippen molar-refractivity contribution in [2.24, 2.45) is 0 Å². The zero-order valence-corrected chi connectivity index (χ0v) is 9.78. The number of alkyl halides is 3. The van der Waals surface area contributed by atoms with Crippen LogP contribution in [0.3, 0.4) is 0 Å². The molecule has 0 unspecified atom stereocenters. The van der Waals surface area contributed by atoms with E-state index in [1.54, 1.807) is 19.1 Å². The monoisotopic (exact) mass is 246 g/mol. The maximum Gasteiger partial charge on any atom is 0.416 e. The third-order valence-corrected chi connectivity index (χ3v) is 2.29. The first kappa shape index (κ1) is 13.2. The van der Waals surface area contributed by atoms with Crippen LogP contribution in [0.25, 0.3) is 6.08 Å². The van der Waals surface area contributed by atoms with Crippen LogP contribution in [-0.4, -0.2) is 5.75 Å². The Morgan fingerprint density at radius 1 is 1.25 bits per heavy atom. The van der Waals surface area contributed by atoms with E-state index in [1.807, 2.05) is 6.08 Å². The van der Waals surface area contributed by atoms with Crippen molar-refractivity contribution in [1.82, 2.24) is 0 Å². The van der Waals surface area contributed by atoms with E-state index < -0.39 is 11.7 Å². The number of allylic oxidation sites excluding steroid dienone is 1. The lowest BCUT2D eigenvalue weighted by atomic mass is 10.1. The molecule has 4 heteroatoms. The largest absolute Gasteiger partial charge is 0.416 e. The number of rotatable bonds is 3. The van der Waals surface area contributed by atoms with Crippen LogP contribution >= 0.6 is 12.6 Å². The molecule has 0 aromatic heterocycles. The number of aryl methyl sites for hydroxylation is 1. The number of hydrogen-bond acceptors (Lipinski definition) is 1. The molecule has 0 aliphatic heterocycles. The highest BCUT2D eigenvalue weighted by Crippen LogP contribution is 2.30. The Balaban J connectivity index is 2.99. The van der Waals surface area contributed by atoms with Crippen LogP contribution in [0.4, 0.5) is 13.2 Å². The molecular formula is C12H13F3S. The average molecular weight is 246 g/mol. The van der Waals surface area contributed by atoms with Crippen LogP contribution in [0.5, 0.6) is 0 Å². The fraction of sp³-hybridized carbons (Fsp3) is 0.333. The van der Waals surface area contributed by atoms with E-state index in [-0.39, 0.29) is 0 Å². The SMILES string of the molecule is Cc1cc(C=CCCS)cc(C(F)(F)F)c1. The summed E-state index contributed by atoms with van der Waals surface area (Å²) >= 11 is 4.02. The minimum atomic E-state index is -4.28. The quantitative estimate of drug-likeness (QED) is 0.753. The van der Waals surface area contributed by atoms with Crippen LogP contribution in [0.15, 0.2) is 24.3 Å². The molecule has 0 radical (unpaired) electrons. The van der Waals surface area contributed by atoms with E-state index in [9.17, 15) is 13.2 Å². The van der Waals surface area contributed by atoms with Crippen molar-refractivity contribution in [3.63, 3.8) is 0 Å². The Morgan fingerprint density at radius 2 is 1.94 bits per heavy atom. The summed E-state index contributed by atoms with van der Waals surface area (Å²) in [6, 6.07) is 4.03. The highest BCUT2D eigenvalue weighted by Gasteiger charge is 2.30. The van der Waals surface area contributed by atoms with E-state index in [0.717, 1.165) is 18.6 Å². The summed E-state index contributed by atoms with van der Waals surface area (Å²) in [4.78, 5) is 0. The first-order valence-electron chi connectivity index (χ1n) is 4.90. The predicted octanol–water partition coefficient (Wildman–Crippen LogP) is 4.35. The number of hydrogen-bond donors (Lipinski definition) is 1. The molecule has 1 aromatic carbocycles. The van der Waals surface area contributed by atoms with Crippen LogP contribution in [-0.2, 0) is 6.18 Å². The molecule has 0 fully saturated rings. The van der Waals surface area contributed by atoms with Crippen LogP contribution < -0.4 is 0 Å². The second-order valence-electron chi connectivity index (χ2n) is 3.54. The lowest BCUT2D eigenvalue weighted by Crippen LogP contribution is -2.05. The van der Waals surface area contributed by atoms with Gasteiger partial charge in [-0.3, -0.25) is 0 Å². The lowest BCUT2D eigenvalue weighted by molar-refractivity contribution is -0.137. The van der Waals surface area contributed by atoms with E-state index >= 15 is 0 Å². The maximum atomic E-state index is 12.5. The van der Waals surface area contributed by atoms with E-state index in [1.165, 1.54) is 0 Å². The van der Waals surface area contributed by atoms with Crippen molar-refractivity contribution in [3.05, 3.63) is 41.0 Å². The predicted molar refractivity (Wildman–Crippen MR) is 63.7 cm³/mol. The topological polar surface area (TPSA) is 0 Å². The van der Waals surface area contributed by atoms with Gasteiger partial charge in [-0.25, -0.2) is 0 Å². The third-order valence-electron chi connectivity index (χ3n) is 2.03. The van der Waals surface area contributed by atoms with Crippen LogP contribution in [0.1, 0.15) is 23.1 Å². The minimum absolute atomic E-state index is 0.578. The minimum Gasteiger partial charge on any atom is -0.179 e. The van der Waals surface area contributed by atoms with E-state index in [0.29, 0.717) is 16.9 Å². The molecule has 0 heterocycles. The highest BCUT2D eigenvalue weighted by molar-refractivity contribution is 7.80. The average Bonchev–Trinajstić information content (AvgIpc) is 2.16. The van der Waals surface area contributed by atoms with Gasteiger partial charge in [0.1, 0.15) is 0 Å². The van der Waals surface area contributed by atoms with Gasteiger partial charge in [-0.15, -0.1) is 0 Å². The van der Waals surface area contributed by atoms with Gasteiger partial charge in [0.15, 0.2) is 0 Å². The number of thiol groups is 1. The molecular weight excluding hydrogens is 233 g/mol. The standard InChI is InChI=1S/C12H13F3S/c1-9-6-10(4-2-3-5-16)8-11(7-9)12(13,14)15/h2,4,6-8,16H,3,5H2,1H3. The number of benzene rings is 1. The van der Waals surface area contributed by atoms with Crippen molar-refractivity contribution in [2.75, 3.05) is 5.75 Å². The summed E-state index contributed by atoms with van der Waals surface area (Å²) in [5, 5.41) is 0. The summed E-state index contributed by atoms with van der Waals surface area (Å²) in [5.41, 5.74) is 0.590. The summed E-state index contributed by atoms with van der Waals surface area (Å²) in [6.07, 6.45) is -0.0169. The molecule has 0 aliphatic rings. The molecule has 0 amide bonds. The second kappa shape index (κ2) is 5.43. The summed E-state index contributed by atoms with van der Waals surface area (Å²) in [6.45, 7) is 1.66. The van der Waals surface area contributed by atoms with Gasteiger partial charge < -0.3 is 0 Å². The molecule has 16 heavy (non-hydrogen) atoms. The molecule has 0 bridgehead atoms. The van der Waals surface area contributed by atoms with Gasteiger partial charge in [0.2, 0.25) is 0 Å². The molecule has 0 nitrogen and oxygen atoms in total. The van der Waals surface area contributed by atoms with Gasteiger partial charge in [0, 0.05) is 0 Å². The van der Waals surface area contributed by atoms with Gasteiger partial charge in [-0.2, -0.15) is 25.8 Å². The van der Waals surface area contributed by atoms with E-state index in [2.05, 4.69) is 12.6 Å². The molecule has 0 aliphatic carbocycles. The summed E-state index contributed by atoms with van der Waals surface area (Å²) in [7, 11) is 0. The first-order valence-corrected chi connectivity index (χ1v) is 5.53. The number of halogens is 3. The molecule has 0 atom stereocenters. The van der Waals surface area contributed by atoms with Crippen molar-refractivity contribution < 1.29 is 13.2 Å². The maximum absolute atomic E-state index is 12.5. The molecule has 1 rings (SSSR count). The van der Waals surface area contributed by atoms with Crippen molar-refractivity contribution in [1.29, 1.82) is 0 Å². The van der Waals surface area contributed by atoms with Crippen molar-refractivity contribution in [2.45, 2.75) is 19.5 Å². The molecule has 0 N–H and O–H groups in total. The van der Waals surface area contributed by atoms with E-state index in [4.69, 9.17) is 0 Å². The van der Waals surface area contributed by atoms with Gasteiger partial charge in [-0.1, -0.05) is 18.2 Å². The summed E-state index contributed by atoms with van der Waals surface area (Å²) < 4.78 is 37.5. The van der Waals surface area contributed by atoms with Gasteiger partial charge >= 0.3 is 6.18 Å². The zero-order valence-electron chi connectivity index (χ0n) is 8.88. The Hall–Kier alpha value is -0.900. The molecule has 1 aromatic rings. The Labute approximate surface area is 98.6 Å². The highest BCUT2D eigenvalue weighted by atomic mass is 32.1. The van der Waals surface area contributed by atoms with Crippen LogP contribution in [0.2, 0.25) is 0 Å². The van der Waals surface area contributed by atoms with Crippen molar-refractivity contribution >= 4 is 18.7 Å². The fourth-order valence-electron chi connectivity index (χ4n) is 1.37. The van der Waals surface area contributed by atoms with Gasteiger partial charge in [0.05, 0.1) is 5.56 Å². The smallest absolute Gasteiger partial charge is 0.179 e. The first-order chi connectivity index (χ1) is 7.43. The van der Waals surface area contributed by atoms with Gasteiger partial charge in [0.25, 0.3) is 0 Å². The lowest BCUT2D eigenvalue weighted by Gasteiger charge is -2.08. The Morgan fingerprint density at radius 3 is 2.50 bits per heavy atom. The Bertz CT molecular complexity index is 380.